The third-order valence-electron chi connectivity index (χ3n) is 0.256. The maximum absolute atomic E-state index is 5.37. The first-order chi connectivity index (χ1) is 3.12. The molecule has 0 rings (SSSR count). The van der Waals surface area contributed by atoms with E-state index in [2.05, 4.69) is 8.34 Å². The van der Waals surface area contributed by atoms with Gasteiger partial charge in [-0.1, -0.05) is 0 Å². The topological polar surface area (TPSA) is 76.1 Å². The summed E-state index contributed by atoms with van der Waals surface area (Å²) < 4.78 is 4.31. The van der Waals surface area contributed by atoms with Crippen LogP contribution in [-0.4, -0.2) is 0 Å². The molecule has 0 unspecified atom stereocenters. The normalized spacial score (nSPS) is 14.3. The summed E-state index contributed by atoms with van der Waals surface area (Å²) in [6.07, 6.45) is 0. The molecule has 0 atom stereocenters. The van der Waals surface area contributed by atoms with Gasteiger partial charge >= 0.3 is 52.7 Å². The molecule has 4 nitrogen and oxygen atoms in total. The van der Waals surface area contributed by atoms with Crippen LogP contribution < -0.4 is 20.0 Å². The van der Waals surface area contributed by atoms with Crippen molar-refractivity contribution in [1.82, 2.24) is 8.34 Å². The van der Waals surface area contributed by atoms with E-state index in [1.807, 2.05) is 0 Å². The van der Waals surface area contributed by atoms with Gasteiger partial charge in [0, 0.05) is 0 Å². The van der Waals surface area contributed by atoms with Crippen LogP contribution >= 0.6 is 19.4 Å². The molecule has 0 spiro atoms. The molecule has 0 saturated carbocycles. The van der Waals surface area contributed by atoms with Crippen LogP contribution in [0.25, 0.3) is 0 Å². The molecule has 0 fully saturated rings. The van der Waals surface area contributed by atoms with Gasteiger partial charge in [-0.2, -0.15) is 0 Å². The first kappa shape index (κ1) is 8.04. The van der Waals surface area contributed by atoms with Crippen molar-refractivity contribution < 1.29 is 13.3 Å². The second kappa shape index (κ2) is 3.15. The Labute approximate surface area is 52.9 Å². The van der Waals surface area contributed by atoms with Crippen LogP contribution in [0, 0.1) is 0 Å². The SMILES string of the molecule is N[NH][Ru]([Cl])([Cl])[NH]N. The zero-order valence-electron chi connectivity index (χ0n) is 3.26. The van der Waals surface area contributed by atoms with E-state index >= 15 is 0 Å². The molecule has 0 heterocycles. The van der Waals surface area contributed by atoms with Crippen molar-refractivity contribution >= 4 is 19.4 Å². The summed E-state index contributed by atoms with van der Waals surface area (Å²) in [4.78, 5) is 0. The van der Waals surface area contributed by atoms with Gasteiger partial charge in [0.05, 0.1) is 0 Å². The Balaban J connectivity index is 3.36. The molecule has 0 bridgehead atoms. The standard InChI is InChI=1S/2ClH.2H3N2.Ru/c;;2*1-2;/h2*1H;2*1H,2H2;/q;;2*-1;+4/p-2. The second-order valence-corrected chi connectivity index (χ2v) is 9.16. The number of halogens is 2. The average Bonchev–Trinajstić information content (AvgIpc) is 1.68. The molecule has 0 saturated heterocycles. The maximum atomic E-state index is 5.37. The van der Waals surface area contributed by atoms with Crippen molar-refractivity contribution in [3.63, 3.8) is 0 Å². The molecule has 0 aliphatic carbocycles. The zero-order chi connectivity index (χ0) is 5.91. The van der Waals surface area contributed by atoms with E-state index in [0.717, 1.165) is 0 Å². The minimum absolute atomic E-state index is 2.16. The summed E-state index contributed by atoms with van der Waals surface area (Å²) in [7, 11) is 10.7. The Morgan fingerprint density at radius 1 is 1.14 bits per heavy atom. The number of hydrogen-bond acceptors (Lipinski definition) is 4. The second-order valence-electron chi connectivity index (χ2n) is 0.610. The Hall–Kier alpha value is 1.04. The number of rotatable bonds is 2. The third-order valence-corrected chi connectivity index (χ3v) is 3.34. The summed E-state index contributed by atoms with van der Waals surface area (Å²) in [6, 6.07) is 0. The molecule has 7 heavy (non-hydrogen) atoms. The van der Waals surface area contributed by atoms with Crippen molar-refractivity contribution in [2.24, 2.45) is 11.7 Å². The summed E-state index contributed by atoms with van der Waals surface area (Å²) in [6.45, 7) is 0. The number of hydrogen-bond donors (Lipinski definition) is 4. The number of hydrazine groups is 2. The van der Waals surface area contributed by atoms with Crippen LogP contribution in [0.15, 0.2) is 0 Å². The fourth-order valence-electron chi connectivity index (χ4n) is 0.0295. The Morgan fingerprint density at radius 2 is 1.43 bits per heavy atom. The van der Waals surface area contributed by atoms with Gasteiger partial charge in [-0.15, -0.1) is 0 Å². The monoisotopic (exact) mass is 234 g/mol. The van der Waals surface area contributed by atoms with Crippen LogP contribution in [0.4, 0.5) is 0 Å². The molecule has 48 valence electrons. The van der Waals surface area contributed by atoms with Crippen molar-refractivity contribution in [1.29, 1.82) is 0 Å². The van der Waals surface area contributed by atoms with Gasteiger partial charge < -0.3 is 0 Å². The van der Waals surface area contributed by atoms with Gasteiger partial charge in [-0.25, -0.2) is 0 Å². The molecule has 0 aliphatic rings. The Bertz CT molecular complexity index is 47.7. The predicted octanol–water partition coefficient (Wildman–Crippen LogP) is -0.796. The van der Waals surface area contributed by atoms with Gasteiger partial charge in [-0.3, -0.25) is 0 Å². The van der Waals surface area contributed by atoms with E-state index in [1.54, 1.807) is 0 Å². The van der Waals surface area contributed by atoms with Gasteiger partial charge in [0.1, 0.15) is 0 Å². The van der Waals surface area contributed by atoms with Crippen LogP contribution in [0.2, 0.25) is 0 Å². The fourth-order valence-corrected chi connectivity index (χ4v) is 0.174. The molecule has 0 aromatic rings. The Kier molecular flexibility index (Phi) is 3.61. The van der Waals surface area contributed by atoms with E-state index < -0.39 is 13.3 Å². The van der Waals surface area contributed by atoms with Crippen LogP contribution in [-0.2, 0) is 13.3 Å². The van der Waals surface area contributed by atoms with E-state index in [9.17, 15) is 0 Å². The summed E-state index contributed by atoms with van der Waals surface area (Å²) in [5.74, 6) is 9.67. The van der Waals surface area contributed by atoms with Gasteiger partial charge in [0.2, 0.25) is 0 Å². The van der Waals surface area contributed by atoms with Crippen molar-refractivity contribution in [2.75, 3.05) is 0 Å². The van der Waals surface area contributed by atoms with E-state index in [-0.39, 0.29) is 0 Å². The van der Waals surface area contributed by atoms with Crippen LogP contribution in [0.1, 0.15) is 0 Å². The van der Waals surface area contributed by atoms with Crippen molar-refractivity contribution in [3.8, 4) is 0 Å². The van der Waals surface area contributed by atoms with E-state index in [1.165, 1.54) is 0 Å². The van der Waals surface area contributed by atoms with Crippen LogP contribution in [0.5, 0.6) is 0 Å². The van der Waals surface area contributed by atoms with E-state index in [4.69, 9.17) is 31.1 Å². The zero-order valence-corrected chi connectivity index (χ0v) is 6.51. The molecule has 0 aromatic carbocycles. The molecule has 0 amide bonds. The predicted molar refractivity (Wildman–Crippen MR) is 26.4 cm³/mol. The molecule has 0 radical (unpaired) electrons. The van der Waals surface area contributed by atoms with Gasteiger partial charge in [-0.05, 0) is 0 Å². The average molecular weight is 234 g/mol. The minimum atomic E-state index is -2.93. The summed E-state index contributed by atoms with van der Waals surface area (Å²) >= 11 is -2.93. The van der Waals surface area contributed by atoms with Crippen molar-refractivity contribution in [2.45, 2.75) is 0 Å². The molecular formula is H6Cl2N4Ru. The molecular weight excluding hydrogens is 228 g/mol. The van der Waals surface area contributed by atoms with Crippen LogP contribution in [0.3, 0.4) is 0 Å². The molecule has 7 heteroatoms. The third kappa shape index (κ3) is 3.61. The summed E-state index contributed by atoms with van der Waals surface area (Å²) in [5.41, 5.74) is 0. The fraction of sp³-hybridized carbons (Fsp3) is 0. The summed E-state index contributed by atoms with van der Waals surface area (Å²) in [5, 5.41) is 0. The Morgan fingerprint density at radius 3 is 1.43 bits per heavy atom. The quantitative estimate of drug-likeness (QED) is 0.287. The van der Waals surface area contributed by atoms with E-state index in [0.29, 0.717) is 0 Å². The van der Waals surface area contributed by atoms with Crippen molar-refractivity contribution in [3.05, 3.63) is 0 Å². The first-order valence-corrected chi connectivity index (χ1v) is 7.41. The van der Waals surface area contributed by atoms with Gasteiger partial charge in [0.15, 0.2) is 0 Å². The number of nitrogens with two attached hydrogens (primary N) is 2. The molecule has 0 aromatic heterocycles. The number of nitrogens with one attached hydrogen (secondary N) is 2. The molecule has 6 N–H and O–H groups in total. The van der Waals surface area contributed by atoms with Gasteiger partial charge in [0.25, 0.3) is 0 Å². The first-order valence-electron chi connectivity index (χ1n) is 1.20. The molecule has 0 aliphatic heterocycles.